The molecule has 2 aromatic heterocycles. The van der Waals surface area contributed by atoms with E-state index in [1.165, 1.54) is 0 Å². The van der Waals surface area contributed by atoms with Gasteiger partial charge in [0.15, 0.2) is 11.5 Å². The van der Waals surface area contributed by atoms with Gasteiger partial charge in [0.1, 0.15) is 11.6 Å². The zero-order valence-corrected chi connectivity index (χ0v) is 19.1. The number of carbonyl (C=O) groups is 1. The molecule has 1 aliphatic rings. The fraction of sp³-hybridized carbons (Fsp3) is 0.222. The Labute approximate surface area is 198 Å². The number of carbonyl (C=O) groups excluding carboxylic acids is 1. The smallest absolute Gasteiger partial charge is 0.299 e. The monoisotopic (exact) mass is 452 g/mol. The van der Waals surface area contributed by atoms with Crippen LogP contribution >= 0.6 is 0 Å². The highest BCUT2D eigenvalue weighted by molar-refractivity contribution is 5.94. The molecular formula is C27H24N4O3. The van der Waals surface area contributed by atoms with Crippen molar-refractivity contribution in [2.75, 3.05) is 13.7 Å². The summed E-state index contributed by atoms with van der Waals surface area (Å²) in [5, 5.41) is 0. The van der Waals surface area contributed by atoms with Gasteiger partial charge >= 0.3 is 0 Å². The van der Waals surface area contributed by atoms with E-state index in [2.05, 4.69) is 16.8 Å². The molecule has 0 saturated carbocycles. The van der Waals surface area contributed by atoms with Crippen LogP contribution in [-0.4, -0.2) is 38.8 Å². The summed E-state index contributed by atoms with van der Waals surface area (Å²) in [5.74, 6) is 8.07. The number of hydrogen-bond acceptors (Lipinski definition) is 5. The van der Waals surface area contributed by atoms with Crippen LogP contribution in [0.1, 0.15) is 31.6 Å². The van der Waals surface area contributed by atoms with Gasteiger partial charge in [0.05, 0.1) is 30.6 Å². The molecule has 3 heterocycles. The maximum Gasteiger partial charge on any atom is 0.299 e. The Kier molecular flexibility index (Phi) is 5.88. The number of hydrogen-bond donors (Lipinski definition) is 0. The number of ether oxygens (including phenoxy) is 2. The van der Waals surface area contributed by atoms with Gasteiger partial charge in [-0.05, 0) is 62.1 Å². The average Bonchev–Trinajstić information content (AvgIpc) is 3.50. The van der Waals surface area contributed by atoms with Crippen molar-refractivity contribution in [2.24, 2.45) is 0 Å². The first-order chi connectivity index (χ1) is 16.7. The second-order valence-electron chi connectivity index (χ2n) is 7.96. The first kappa shape index (κ1) is 21.5. The lowest BCUT2D eigenvalue weighted by atomic mass is 10.1. The van der Waals surface area contributed by atoms with E-state index in [0.29, 0.717) is 23.8 Å². The Balaban J connectivity index is 1.49. The summed E-state index contributed by atoms with van der Waals surface area (Å²) in [7, 11) is 1.62. The first-order valence-electron chi connectivity index (χ1n) is 11.2. The van der Waals surface area contributed by atoms with Gasteiger partial charge in [-0.1, -0.05) is 18.1 Å². The van der Waals surface area contributed by atoms with E-state index < -0.39 is 0 Å². The van der Waals surface area contributed by atoms with Crippen molar-refractivity contribution >= 4 is 11.4 Å². The van der Waals surface area contributed by atoms with Gasteiger partial charge < -0.3 is 14.4 Å². The van der Waals surface area contributed by atoms with Gasteiger partial charge in [-0.2, -0.15) is 0 Å². The molecule has 1 fully saturated rings. The number of methoxy groups -OCH3 is 1. The normalized spacial score (nSPS) is 15.1. The molecule has 34 heavy (non-hydrogen) atoms. The number of aromatic nitrogens is 3. The lowest BCUT2D eigenvalue weighted by Crippen LogP contribution is -2.30. The summed E-state index contributed by atoms with van der Waals surface area (Å²) in [4.78, 5) is 23.7. The molecule has 1 saturated heterocycles. The van der Waals surface area contributed by atoms with Crippen LogP contribution in [0.25, 0.3) is 16.8 Å². The van der Waals surface area contributed by atoms with E-state index in [4.69, 9.17) is 14.5 Å². The molecule has 170 valence electrons. The lowest BCUT2D eigenvalue weighted by Gasteiger charge is -2.21. The van der Waals surface area contributed by atoms with Crippen LogP contribution in [0.5, 0.6) is 17.2 Å². The van der Waals surface area contributed by atoms with E-state index in [9.17, 15) is 4.79 Å². The van der Waals surface area contributed by atoms with Crippen LogP contribution in [0, 0.1) is 11.8 Å². The van der Waals surface area contributed by atoms with Crippen molar-refractivity contribution in [1.82, 2.24) is 19.3 Å². The van der Waals surface area contributed by atoms with E-state index >= 15 is 0 Å². The van der Waals surface area contributed by atoms with Crippen molar-refractivity contribution in [3.8, 4) is 40.3 Å². The molecule has 0 N–H and O–H groups in total. The Bertz CT molecular complexity index is 1400. The summed E-state index contributed by atoms with van der Waals surface area (Å²) < 4.78 is 13.4. The molecule has 0 radical (unpaired) electrons. The highest BCUT2D eigenvalue weighted by Gasteiger charge is 2.33. The van der Waals surface area contributed by atoms with Crippen molar-refractivity contribution in [3.05, 3.63) is 72.9 Å². The van der Waals surface area contributed by atoms with Crippen LogP contribution in [0.2, 0.25) is 0 Å². The van der Waals surface area contributed by atoms with Crippen LogP contribution < -0.4 is 9.47 Å². The van der Waals surface area contributed by atoms with Crippen molar-refractivity contribution < 1.29 is 14.3 Å². The third-order valence-corrected chi connectivity index (χ3v) is 5.94. The zero-order valence-electron chi connectivity index (χ0n) is 19.1. The topological polar surface area (TPSA) is 69.0 Å². The maximum atomic E-state index is 12.6. The Morgan fingerprint density at radius 2 is 1.91 bits per heavy atom. The number of imidazole rings is 1. The van der Waals surface area contributed by atoms with Gasteiger partial charge in [0.2, 0.25) is 0 Å². The van der Waals surface area contributed by atoms with Crippen LogP contribution in [0.3, 0.4) is 0 Å². The molecule has 5 rings (SSSR count). The number of benzene rings is 2. The highest BCUT2D eigenvalue weighted by Crippen LogP contribution is 2.36. The van der Waals surface area contributed by atoms with Gasteiger partial charge in [0.25, 0.3) is 5.91 Å². The zero-order chi connectivity index (χ0) is 23.5. The molecule has 1 unspecified atom stereocenters. The Morgan fingerprint density at radius 1 is 1.12 bits per heavy atom. The maximum absolute atomic E-state index is 12.6. The van der Waals surface area contributed by atoms with E-state index in [-0.39, 0.29) is 11.9 Å². The third kappa shape index (κ3) is 3.95. The summed E-state index contributed by atoms with van der Waals surface area (Å²) >= 11 is 0. The molecular weight excluding hydrogens is 428 g/mol. The molecule has 7 heteroatoms. The van der Waals surface area contributed by atoms with E-state index in [1.807, 2.05) is 64.0 Å². The summed E-state index contributed by atoms with van der Waals surface area (Å²) in [6.07, 6.45) is 7.21. The van der Waals surface area contributed by atoms with Crippen LogP contribution in [0.4, 0.5) is 0 Å². The predicted molar refractivity (Wildman–Crippen MR) is 129 cm³/mol. The molecule has 1 aliphatic heterocycles. The standard InChI is InChI=1S/C27H24N4O3/c1-3-7-25(32)30-16-6-8-21(30)27-29-26(22-18-28-15-17-31(22)27)19-11-13-20(14-12-19)34-24-10-5-4-9-23(24)33-2/h4-5,9-15,17-18,21H,6,8,16H2,1-2H3. The number of nitrogens with zero attached hydrogens (tertiary/aromatic N) is 4. The van der Waals surface area contributed by atoms with E-state index in [0.717, 1.165) is 35.4 Å². The summed E-state index contributed by atoms with van der Waals surface area (Å²) in [6, 6.07) is 15.2. The minimum Gasteiger partial charge on any atom is -0.493 e. The first-order valence-corrected chi connectivity index (χ1v) is 11.2. The number of likely N-dealkylation sites (tertiary alicyclic amines) is 1. The Hall–Kier alpha value is -4.31. The van der Waals surface area contributed by atoms with Crippen LogP contribution in [-0.2, 0) is 4.79 Å². The average molecular weight is 453 g/mol. The number of rotatable bonds is 5. The van der Waals surface area contributed by atoms with Gasteiger partial charge in [-0.15, -0.1) is 0 Å². The molecule has 4 aromatic rings. The van der Waals surface area contributed by atoms with E-state index in [1.54, 1.807) is 26.4 Å². The number of amides is 1. The second-order valence-corrected chi connectivity index (χ2v) is 7.96. The Morgan fingerprint density at radius 3 is 2.68 bits per heavy atom. The van der Waals surface area contributed by atoms with Crippen molar-refractivity contribution in [3.63, 3.8) is 0 Å². The lowest BCUT2D eigenvalue weighted by molar-refractivity contribution is -0.126. The largest absolute Gasteiger partial charge is 0.493 e. The molecule has 0 bridgehead atoms. The van der Waals surface area contributed by atoms with Crippen molar-refractivity contribution in [1.29, 1.82) is 0 Å². The summed E-state index contributed by atoms with van der Waals surface area (Å²) in [5.41, 5.74) is 2.64. The minimum absolute atomic E-state index is 0.120. The molecule has 7 nitrogen and oxygen atoms in total. The predicted octanol–water partition coefficient (Wildman–Crippen LogP) is 4.88. The fourth-order valence-electron chi connectivity index (χ4n) is 4.38. The fourth-order valence-corrected chi connectivity index (χ4v) is 4.38. The quantitative estimate of drug-likeness (QED) is 0.404. The van der Waals surface area contributed by atoms with Gasteiger partial charge in [-0.3, -0.25) is 14.2 Å². The highest BCUT2D eigenvalue weighted by atomic mass is 16.5. The minimum atomic E-state index is -0.157. The van der Waals surface area contributed by atoms with Gasteiger partial charge in [0, 0.05) is 24.5 Å². The molecule has 1 amide bonds. The summed E-state index contributed by atoms with van der Waals surface area (Å²) in [6.45, 7) is 2.36. The molecule has 1 atom stereocenters. The molecule has 2 aromatic carbocycles. The second kappa shape index (κ2) is 9.28. The number of para-hydroxylation sites is 2. The van der Waals surface area contributed by atoms with Crippen LogP contribution in [0.15, 0.2) is 67.1 Å². The van der Waals surface area contributed by atoms with Gasteiger partial charge in [-0.25, -0.2) is 4.98 Å². The third-order valence-electron chi connectivity index (χ3n) is 5.94. The molecule has 0 spiro atoms. The SMILES string of the molecule is CC#CC(=O)N1CCCC1c1nc(-c2ccc(Oc3ccccc3OC)cc2)c2cnccn12. The number of fused-ring (bicyclic) bond motifs is 1. The molecule has 0 aliphatic carbocycles. The van der Waals surface area contributed by atoms with Crippen molar-refractivity contribution in [2.45, 2.75) is 25.8 Å².